The van der Waals surface area contributed by atoms with Gasteiger partial charge in [0.2, 0.25) is 0 Å². The van der Waals surface area contributed by atoms with Crippen LogP contribution in [-0.4, -0.2) is 33.2 Å². The van der Waals surface area contributed by atoms with E-state index in [9.17, 15) is 0 Å². The Bertz CT molecular complexity index is 715. The fourth-order valence-electron chi connectivity index (χ4n) is 3.77. The minimum absolute atomic E-state index is 0.200. The number of hydrogen-bond donors (Lipinski definition) is 0. The van der Waals surface area contributed by atoms with Crippen molar-refractivity contribution in [1.82, 2.24) is 14.9 Å². The van der Waals surface area contributed by atoms with Gasteiger partial charge in [0, 0.05) is 17.8 Å². The van der Waals surface area contributed by atoms with E-state index in [2.05, 4.69) is 67.0 Å². The van der Waals surface area contributed by atoms with Crippen LogP contribution < -0.4 is 4.90 Å². The molecule has 1 aliphatic heterocycles. The van der Waals surface area contributed by atoms with Crippen LogP contribution in [0.2, 0.25) is 0 Å². The fourth-order valence-corrected chi connectivity index (χ4v) is 3.77. The van der Waals surface area contributed by atoms with Crippen LogP contribution in [-0.2, 0) is 0 Å². The second-order valence-electron chi connectivity index (χ2n) is 7.02. The van der Waals surface area contributed by atoms with Crippen LogP contribution >= 0.6 is 0 Å². The zero-order valence-electron chi connectivity index (χ0n) is 14.6. The molecule has 0 saturated heterocycles. The maximum absolute atomic E-state index is 4.39. The van der Waals surface area contributed by atoms with E-state index >= 15 is 0 Å². The normalized spacial score (nSPS) is 20.0. The SMILES string of the molecule is CCN1c2cc(C)c(/C=N/n3cnnc3)cc2C(C)CC1(C)C. The summed E-state index contributed by atoms with van der Waals surface area (Å²) in [6.07, 6.45) is 6.24. The summed E-state index contributed by atoms with van der Waals surface area (Å²) in [5, 5.41) is 11.9. The molecule has 0 spiro atoms. The molecule has 1 aromatic carbocycles. The average molecular weight is 311 g/mol. The summed E-state index contributed by atoms with van der Waals surface area (Å²) in [7, 11) is 0. The number of hydrogen-bond acceptors (Lipinski definition) is 4. The highest BCUT2D eigenvalue weighted by Gasteiger charge is 2.35. The van der Waals surface area contributed by atoms with Crippen LogP contribution in [0.15, 0.2) is 29.9 Å². The van der Waals surface area contributed by atoms with Crippen molar-refractivity contribution in [3.8, 4) is 0 Å². The Morgan fingerprint density at radius 3 is 2.65 bits per heavy atom. The summed E-state index contributed by atoms with van der Waals surface area (Å²) in [6, 6.07) is 4.60. The van der Waals surface area contributed by atoms with Crippen molar-refractivity contribution in [3.63, 3.8) is 0 Å². The third-order valence-corrected chi connectivity index (χ3v) is 4.83. The lowest BCUT2D eigenvalue weighted by Crippen LogP contribution is -2.48. The van der Waals surface area contributed by atoms with Crippen LogP contribution in [0.3, 0.4) is 0 Å². The van der Waals surface area contributed by atoms with E-state index < -0.39 is 0 Å². The second-order valence-corrected chi connectivity index (χ2v) is 7.02. The molecule has 1 unspecified atom stereocenters. The molecular weight excluding hydrogens is 286 g/mol. The standard InChI is InChI=1S/C18H25N5/c1-6-23-17-7-13(2)15(10-21-22-11-19-20-12-22)8-16(17)14(3)9-18(23,4)5/h7-8,10-12,14H,6,9H2,1-5H3/b21-10+. The van der Waals surface area contributed by atoms with E-state index in [1.54, 1.807) is 17.3 Å². The topological polar surface area (TPSA) is 46.3 Å². The first kappa shape index (κ1) is 15.7. The summed E-state index contributed by atoms with van der Waals surface area (Å²) >= 11 is 0. The third-order valence-electron chi connectivity index (χ3n) is 4.83. The number of nitrogens with zero attached hydrogens (tertiary/aromatic N) is 5. The molecular formula is C18H25N5. The van der Waals surface area contributed by atoms with Gasteiger partial charge in [-0.2, -0.15) is 5.10 Å². The van der Waals surface area contributed by atoms with E-state index in [0.717, 1.165) is 12.1 Å². The molecule has 1 atom stereocenters. The van der Waals surface area contributed by atoms with Crippen molar-refractivity contribution in [2.75, 3.05) is 11.4 Å². The monoisotopic (exact) mass is 311 g/mol. The van der Waals surface area contributed by atoms with Gasteiger partial charge in [-0.15, -0.1) is 10.2 Å². The van der Waals surface area contributed by atoms with Gasteiger partial charge in [-0.1, -0.05) is 6.92 Å². The van der Waals surface area contributed by atoms with Crippen molar-refractivity contribution in [2.45, 2.75) is 52.5 Å². The molecule has 0 fully saturated rings. The maximum atomic E-state index is 4.39. The Balaban J connectivity index is 2.02. The minimum Gasteiger partial charge on any atom is -0.366 e. The van der Waals surface area contributed by atoms with E-state index in [0.29, 0.717) is 5.92 Å². The molecule has 0 bridgehead atoms. The number of fused-ring (bicyclic) bond motifs is 1. The molecule has 2 aromatic rings. The van der Waals surface area contributed by atoms with E-state index in [1.165, 1.54) is 23.2 Å². The highest BCUT2D eigenvalue weighted by atomic mass is 15.4. The highest BCUT2D eigenvalue weighted by Crippen LogP contribution is 2.43. The molecule has 0 saturated carbocycles. The molecule has 2 heterocycles. The summed E-state index contributed by atoms with van der Waals surface area (Å²) < 4.78 is 1.61. The lowest BCUT2D eigenvalue weighted by molar-refractivity contribution is 0.381. The Morgan fingerprint density at radius 1 is 1.30 bits per heavy atom. The molecule has 1 aromatic heterocycles. The maximum Gasteiger partial charge on any atom is 0.141 e. The van der Waals surface area contributed by atoms with Gasteiger partial charge in [0.1, 0.15) is 12.7 Å². The molecule has 5 nitrogen and oxygen atoms in total. The van der Waals surface area contributed by atoms with Crippen LogP contribution in [0.25, 0.3) is 0 Å². The van der Waals surface area contributed by atoms with Gasteiger partial charge >= 0.3 is 0 Å². The van der Waals surface area contributed by atoms with Crippen molar-refractivity contribution < 1.29 is 0 Å². The molecule has 3 rings (SSSR count). The van der Waals surface area contributed by atoms with Crippen molar-refractivity contribution in [3.05, 3.63) is 41.5 Å². The van der Waals surface area contributed by atoms with Crippen molar-refractivity contribution in [2.24, 2.45) is 5.10 Å². The zero-order valence-corrected chi connectivity index (χ0v) is 14.6. The molecule has 0 amide bonds. The van der Waals surface area contributed by atoms with E-state index in [1.807, 2.05) is 6.21 Å². The first-order chi connectivity index (χ1) is 10.9. The summed E-state index contributed by atoms with van der Waals surface area (Å²) in [5.74, 6) is 0.547. The largest absolute Gasteiger partial charge is 0.366 e. The predicted molar refractivity (Wildman–Crippen MR) is 94.3 cm³/mol. The Morgan fingerprint density at radius 2 is 2.00 bits per heavy atom. The van der Waals surface area contributed by atoms with Crippen LogP contribution in [0.5, 0.6) is 0 Å². The van der Waals surface area contributed by atoms with Gasteiger partial charge in [-0.05, 0) is 68.9 Å². The first-order valence-electron chi connectivity index (χ1n) is 8.23. The van der Waals surface area contributed by atoms with Crippen molar-refractivity contribution in [1.29, 1.82) is 0 Å². The van der Waals surface area contributed by atoms with Crippen molar-refractivity contribution >= 4 is 11.9 Å². The number of rotatable bonds is 3. The zero-order chi connectivity index (χ0) is 16.6. The lowest BCUT2D eigenvalue weighted by atomic mass is 9.79. The number of aryl methyl sites for hydroxylation is 1. The van der Waals surface area contributed by atoms with Gasteiger partial charge in [0.25, 0.3) is 0 Å². The quantitative estimate of drug-likeness (QED) is 0.814. The van der Waals surface area contributed by atoms with E-state index in [-0.39, 0.29) is 5.54 Å². The van der Waals surface area contributed by atoms with Gasteiger partial charge in [0.15, 0.2) is 0 Å². The molecule has 1 aliphatic rings. The summed E-state index contributed by atoms with van der Waals surface area (Å²) in [5.41, 5.74) is 5.38. The molecule has 23 heavy (non-hydrogen) atoms. The smallest absolute Gasteiger partial charge is 0.141 e. The third kappa shape index (κ3) is 2.87. The van der Waals surface area contributed by atoms with Gasteiger partial charge in [-0.25, -0.2) is 4.68 Å². The molecule has 0 aliphatic carbocycles. The molecule has 0 N–H and O–H groups in total. The van der Waals surface area contributed by atoms with Gasteiger partial charge in [-0.3, -0.25) is 0 Å². The fraction of sp³-hybridized carbons (Fsp3) is 0.500. The van der Waals surface area contributed by atoms with Crippen LogP contribution in [0, 0.1) is 6.92 Å². The minimum atomic E-state index is 0.200. The highest BCUT2D eigenvalue weighted by molar-refractivity contribution is 5.84. The van der Waals surface area contributed by atoms with Gasteiger partial charge < -0.3 is 4.90 Å². The summed E-state index contributed by atoms with van der Waals surface area (Å²) in [4.78, 5) is 2.52. The molecule has 0 radical (unpaired) electrons. The number of anilines is 1. The first-order valence-corrected chi connectivity index (χ1v) is 8.23. The van der Waals surface area contributed by atoms with Crippen LogP contribution in [0.4, 0.5) is 5.69 Å². The van der Waals surface area contributed by atoms with Gasteiger partial charge in [0.05, 0.1) is 6.21 Å². The van der Waals surface area contributed by atoms with Crippen LogP contribution in [0.1, 0.15) is 56.7 Å². The summed E-state index contributed by atoms with van der Waals surface area (Å²) in [6.45, 7) is 12.4. The lowest BCUT2D eigenvalue weighted by Gasteiger charge is -2.47. The Hall–Kier alpha value is -2.17. The molecule has 5 heteroatoms. The number of benzene rings is 1. The second kappa shape index (κ2) is 5.80. The number of aromatic nitrogens is 3. The average Bonchev–Trinajstić information content (AvgIpc) is 2.98. The Kier molecular flexibility index (Phi) is 3.96. The molecule has 122 valence electrons. The Labute approximate surface area is 138 Å². The predicted octanol–water partition coefficient (Wildman–Crippen LogP) is 3.58. The van der Waals surface area contributed by atoms with E-state index in [4.69, 9.17) is 0 Å².